The fourth-order valence-corrected chi connectivity index (χ4v) is 9.26. The molecule has 5 aliphatic heterocycles. The van der Waals surface area contributed by atoms with Crippen molar-refractivity contribution >= 4 is 35.3 Å². The van der Waals surface area contributed by atoms with Crippen molar-refractivity contribution in [2.24, 2.45) is 29.1 Å². The summed E-state index contributed by atoms with van der Waals surface area (Å²) in [4.78, 5) is 55.7. The van der Waals surface area contributed by atoms with Crippen molar-refractivity contribution in [1.29, 1.82) is 0 Å². The normalized spacial score (nSPS) is 34.8. The van der Waals surface area contributed by atoms with Gasteiger partial charge in [-0.3, -0.25) is 14.4 Å². The Morgan fingerprint density at radius 3 is 2.81 bits per heavy atom. The van der Waals surface area contributed by atoms with E-state index in [9.17, 15) is 29.4 Å². The lowest BCUT2D eigenvalue weighted by Crippen LogP contribution is -2.62. The SMILES string of the molecule is CC1C(SC2CN[C@H](C(=O)N3CC4CCNCC4(CO)C3)C2)=C(C(=O)O)N2C(=O)[C@H]([C@@H](C)CC(=O)Cn3cnnn3)[C@@H]12. The molecule has 6 rings (SSSR count). The number of aliphatic carboxylic acids is 1. The van der Waals surface area contributed by atoms with Crippen LogP contribution >= 0.6 is 11.8 Å². The van der Waals surface area contributed by atoms with Crippen LogP contribution in [0, 0.1) is 29.1 Å². The lowest BCUT2D eigenvalue weighted by molar-refractivity contribution is -0.160. The summed E-state index contributed by atoms with van der Waals surface area (Å²) in [5.41, 5.74) is -0.255. The Hall–Kier alpha value is -2.88. The van der Waals surface area contributed by atoms with Gasteiger partial charge in [0.15, 0.2) is 5.78 Å². The molecule has 0 spiro atoms. The van der Waals surface area contributed by atoms with E-state index in [1.807, 2.05) is 18.7 Å². The van der Waals surface area contributed by atoms with E-state index in [1.165, 1.54) is 27.7 Å². The highest BCUT2D eigenvalue weighted by Gasteiger charge is 2.60. The maximum absolute atomic E-state index is 13.5. The molecule has 4 N–H and O–H groups in total. The number of amides is 2. The second-order valence-electron chi connectivity index (χ2n) is 12.6. The average molecular weight is 603 g/mol. The number of nitrogens with one attached hydrogen (secondary N) is 2. The zero-order chi connectivity index (χ0) is 29.8. The van der Waals surface area contributed by atoms with E-state index in [-0.39, 0.29) is 83.4 Å². The third-order valence-electron chi connectivity index (χ3n) is 9.95. The first-order valence-corrected chi connectivity index (χ1v) is 15.5. The predicted octanol–water partition coefficient (Wildman–Crippen LogP) is -1.06. The first kappa shape index (κ1) is 29.2. The van der Waals surface area contributed by atoms with Crippen LogP contribution in [0.5, 0.6) is 0 Å². The van der Waals surface area contributed by atoms with E-state index in [2.05, 4.69) is 26.2 Å². The summed E-state index contributed by atoms with van der Waals surface area (Å²) in [5.74, 6) is -2.09. The van der Waals surface area contributed by atoms with Crippen LogP contribution < -0.4 is 10.6 Å². The number of piperidine rings is 1. The first-order valence-electron chi connectivity index (χ1n) is 14.7. The fraction of sp³-hybridized carbons (Fsp3) is 0.741. The second kappa shape index (κ2) is 11.3. The molecule has 2 amide bonds. The lowest BCUT2D eigenvalue weighted by Gasteiger charge is -2.47. The smallest absolute Gasteiger partial charge is 0.353 e. The van der Waals surface area contributed by atoms with Crippen LogP contribution in [0.1, 0.15) is 33.1 Å². The third kappa shape index (κ3) is 4.93. The van der Waals surface area contributed by atoms with Gasteiger partial charge in [-0.05, 0) is 41.6 Å². The molecule has 15 heteroatoms. The molecule has 0 radical (unpaired) electrons. The van der Waals surface area contributed by atoms with Crippen LogP contribution in [0.3, 0.4) is 0 Å². The summed E-state index contributed by atoms with van der Waals surface area (Å²) in [6.45, 7) is 7.23. The first-order chi connectivity index (χ1) is 20.1. The summed E-state index contributed by atoms with van der Waals surface area (Å²) in [5, 5.41) is 37.7. The quantitative estimate of drug-likeness (QED) is 0.239. The molecule has 1 aromatic rings. The Labute approximate surface area is 247 Å². The number of β-lactam (4-membered cyclic amide) rings is 1. The molecule has 6 heterocycles. The molecule has 5 aliphatic rings. The molecular formula is C27H38N8O6S. The maximum atomic E-state index is 13.5. The molecule has 42 heavy (non-hydrogen) atoms. The van der Waals surface area contributed by atoms with Crippen LogP contribution in [-0.2, 0) is 25.7 Å². The Morgan fingerprint density at radius 1 is 1.31 bits per heavy atom. The third-order valence-corrected chi connectivity index (χ3v) is 11.5. The number of Topliss-reactive ketones (excluding diaryl/α,β-unsaturated/α-hetero) is 1. The summed E-state index contributed by atoms with van der Waals surface area (Å²) >= 11 is 1.46. The summed E-state index contributed by atoms with van der Waals surface area (Å²) in [6, 6.07) is -0.681. The van der Waals surface area contributed by atoms with Gasteiger partial charge < -0.3 is 30.6 Å². The number of rotatable bonds is 10. The van der Waals surface area contributed by atoms with E-state index < -0.39 is 11.9 Å². The van der Waals surface area contributed by atoms with E-state index in [0.717, 1.165) is 13.0 Å². The number of nitrogens with zero attached hydrogens (tertiary/aromatic N) is 6. The molecule has 4 saturated heterocycles. The van der Waals surface area contributed by atoms with Gasteiger partial charge >= 0.3 is 5.97 Å². The zero-order valence-corrected chi connectivity index (χ0v) is 24.6. The number of aliphatic hydroxyl groups excluding tert-OH is 1. The van der Waals surface area contributed by atoms with E-state index in [0.29, 0.717) is 37.5 Å². The number of tetrazole rings is 1. The van der Waals surface area contributed by atoms with Gasteiger partial charge in [0.1, 0.15) is 18.6 Å². The molecule has 4 fully saturated rings. The highest BCUT2D eigenvalue weighted by molar-refractivity contribution is 8.03. The van der Waals surface area contributed by atoms with Crippen molar-refractivity contribution in [3.05, 3.63) is 16.9 Å². The van der Waals surface area contributed by atoms with Crippen molar-refractivity contribution < 1.29 is 29.4 Å². The Kier molecular flexibility index (Phi) is 7.87. The number of fused-ring (bicyclic) bond motifs is 2. The van der Waals surface area contributed by atoms with E-state index in [4.69, 9.17) is 0 Å². The van der Waals surface area contributed by atoms with Crippen molar-refractivity contribution in [2.75, 3.05) is 39.3 Å². The number of thioether (sulfide) groups is 1. The number of carbonyl (C=O) groups is 4. The van der Waals surface area contributed by atoms with Gasteiger partial charge in [-0.1, -0.05) is 13.8 Å². The predicted molar refractivity (Wildman–Crippen MR) is 149 cm³/mol. The van der Waals surface area contributed by atoms with Gasteiger partial charge in [0.05, 0.1) is 24.6 Å². The standard InChI is InChI=1S/C27H38N8O6S/c1-14(5-17(37)9-34-13-30-31-32-34)20-21-15(2)23(22(26(40)41)35(21)25(20)39)42-18-6-19(29-7-18)24(38)33-8-16-3-4-28-10-27(16,11-33)12-36/h13-16,18-21,28-29,36H,3-12H2,1-2H3,(H,40,41)/t14-,15?,16?,18?,19-,20+,21+,27?/m0/s1. The Balaban J connectivity index is 1.09. The number of ketones is 1. The molecule has 1 aromatic heterocycles. The number of aromatic nitrogens is 4. The van der Waals surface area contributed by atoms with Crippen LogP contribution in [0.25, 0.3) is 0 Å². The molecule has 228 valence electrons. The number of carboxylic acids is 1. The van der Waals surface area contributed by atoms with Crippen LogP contribution in [0.4, 0.5) is 0 Å². The molecule has 0 aromatic carbocycles. The number of hydrogen-bond donors (Lipinski definition) is 4. The summed E-state index contributed by atoms with van der Waals surface area (Å²) in [7, 11) is 0. The minimum Gasteiger partial charge on any atom is -0.477 e. The number of carboxylic acid groups (broad SMARTS) is 1. The largest absolute Gasteiger partial charge is 0.477 e. The Morgan fingerprint density at radius 2 is 2.12 bits per heavy atom. The number of carbonyl (C=O) groups excluding carboxylic acids is 3. The van der Waals surface area contributed by atoms with Crippen molar-refractivity contribution in [3.8, 4) is 0 Å². The molecular weight excluding hydrogens is 564 g/mol. The summed E-state index contributed by atoms with van der Waals surface area (Å²) in [6.07, 6.45) is 3.02. The highest BCUT2D eigenvalue weighted by Crippen LogP contribution is 2.53. The van der Waals surface area contributed by atoms with Crippen molar-refractivity contribution in [1.82, 2.24) is 40.6 Å². The van der Waals surface area contributed by atoms with Crippen LogP contribution in [-0.4, -0.2) is 120 Å². The van der Waals surface area contributed by atoms with Gasteiger partial charge in [-0.15, -0.1) is 16.9 Å². The van der Waals surface area contributed by atoms with Gasteiger partial charge in [0.25, 0.3) is 0 Å². The molecule has 14 nitrogen and oxygen atoms in total. The highest BCUT2D eigenvalue weighted by atomic mass is 32.2. The minimum absolute atomic E-state index is 0.0203. The zero-order valence-electron chi connectivity index (χ0n) is 23.8. The van der Waals surface area contributed by atoms with E-state index >= 15 is 0 Å². The molecule has 4 unspecified atom stereocenters. The monoisotopic (exact) mass is 602 g/mol. The fourth-order valence-electron chi connectivity index (χ4n) is 7.78. The molecule has 0 aliphatic carbocycles. The lowest BCUT2D eigenvalue weighted by atomic mass is 9.73. The number of aliphatic hydroxyl groups is 1. The van der Waals surface area contributed by atoms with E-state index in [1.54, 1.807) is 0 Å². The second-order valence-corrected chi connectivity index (χ2v) is 13.9. The molecule has 8 atom stereocenters. The Bertz CT molecular complexity index is 1290. The summed E-state index contributed by atoms with van der Waals surface area (Å²) < 4.78 is 1.34. The topological polar surface area (TPSA) is 183 Å². The molecule has 0 saturated carbocycles. The number of likely N-dealkylation sites (tertiary alicyclic amines) is 1. The maximum Gasteiger partial charge on any atom is 0.353 e. The van der Waals surface area contributed by atoms with Crippen LogP contribution in [0.2, 0.25) is 0 Å². The minimum atomic E-state index is -1.14. The van der Waals surface area contributed by atoms with Gasteiger partial charge in [-0.2, -0.15) is 0 Å². The average Bonchev–Trinajstić information content (AvgIpc) is 3.75. The number of hydrogen-bond acceptors (Lipinski definition) is 11. The van der Waals surface area contributed by atoms with Gasteiger partial charge in [0.2, 0.25) is 11.8 Å². The van der Waals surface area contributed by atoms with Gasteiger partial charge in [0, 0.05) is 54.1 Å². The molecule has 0 bridgehead atoms. The van der Waals surface area contributed by atoms with Crippen LogP contribution in [0.15, 0.2) is 16.9 Å². The van der Waals surface area contributed by atoms with Crippen molar-refractivity contribution in [3.63, 3.8) is 0 Å². The van der Waals surface area contributed by atoms with Gasteiger partial charge in [-0.25, -0.2) is 9.48 Å². The van der Waals surface area contributed by atoms with Crippen molar-refractivity contribution in [2.45, 2.75) is 57.0 Å².